The van der Waals surface area contributed by atoms with Crippen LogP contribution in [0.25, 0.3) is 0 Å². The van der Waals surface area contributed by atoms with E-state index in [0.717, 1.165) is 16.7 Å². The van der Waals surface area contributed by atoms with Gasteiger partial charge in [-0.05, 0) is 28.8 Å². The first-order chi connectivity index (χ1) is 18.8. The molecule has 0 aliphatic carbocycles. The Morgan fingerprint density at radius 1 is 0.897 bits per heavy atom. The molecule has 1 N–H and O–H groups in total. The summed E-state index contributed by atoms with van der Waals surface area (Å²) >= 11 is 12.4. The van der Waals surface area contributed by atoms with Gasteiger partial charge in [0.05, 0.1) is 23.1 Å². The molecule has 2 saturated heterocycles. The number of hydrogen-bond acceptors (Lipinski definition) is 4. The smallest absolute Gasteiger partial charge is 0.333 e. The molecule has 39 heavy (non-hydrogen) atoms. The molecule has 2 atom stereocenters. The molecule has 202 valence electrons. The number of piperazine rings is 1. The van der Waals surface area contributed by atoms with Crippen molar-refractivity contribution >= 4 is 41.0 Å². The summed E-state index contributed by atoms with van der Waals surface area (Å²) in [5.41, 5.74) is 2.69. The average Bonchev–Trinajstić information content (AvgIpc) is 2.93. The van der Waals surface area contributed by atoms with Crippen molar-refractivity contribution in [1.82, 2.24) is 25.1 Å². The Labute approximate surface area is 237 Å². The molecule has 3 aromatic carbocycles. The highest BCUT2D eigenvalue weighted by Gasteiger charge is 2.50. The number of benzene rings is 3. The zero-order valence-electron chi connectivity index (χ0n) is 21.5. The first-order valence-corrected chi connectivity index (χ1v) is 13.5. The van der Waals surface area contributed by atoms with Crippen LogP contribution < -0.4 is 5.32 Å². The summed E-state index contributed by atoms with van der Waals surface area (Å²) in [4.78, 5) is 44.1. The molecular formula is C29H29Cl2N5O3. The summed E-state index contributed by atoms with van der Waals surface area (Å²) in [5.74, 6) is -0.373. The number of nitrogens with zero attached hydrogens (tertiary/aromatic N) is 4. The largest absolute Gasteiger partial charge is 0.334 e. The molecule has 0 unspecified atom stereocenters. The van der Waals surface area contributed by atoms with Crippen LogP contribution in [0.5, 0.6) is 0 Å². The number of rotatable bonds is 6. The number of likely N-dealkylation sites (N-methyl/N-ethyl adjacent to an activating group) is 1. The van der Waals surface area contributed by atoms with Crippen molar-refractivity contribution in [1.29, 1.82) is 0 Å². The number of halogens is 2. The molecule has 5 rings (SSSR count). The molecule has 2 heterocycles. The first kappa shape index (κ1) is 27.0. The maximum Gasteiger partial charge on any atom is 0.334 e. The van der Waals surface area contributed by atoms with Gasteiger partial charge in [-0.2, -0.15) is 0 Å². The van der Waals surface area contributed by atoms with Crippen molar-refractivity contribution in [2.24, 2.45) is 0 Å². The van der Waals surface area contributed by atoms with E-state index in [4.69, 9.17) is 23.2 Å². The lowest BCUT2D eigenvalue weighted by molar-refractivity contribution is -0.187. The molecule has 2 aliphatic rings. The Morgan fingerprint density at radius 3 is 2.23 bits per heavy atom. The number of hydrogen-bond donors (Lipinski definition) is 1. The van der Waals surface area contributed by atoms with E-state index in [-0.39, 0.29) is 37.5 Å². The fourth-order valence-corrected chi connectivity index (χ4v) is 5.52. The summed E-state index contributed by atoms with van der Waals surface area (Å²) in [5, 5.41) is 6.98. The fourth-order valence-electron chi connectivity index (χ4n) is 5.20. The van der Waals surface area contributed by atoms with Gasteiger partial charge in [-0.25, -0.2) is 14.8 Å². The predicted octanol–water partition coefficient (Wildman–Crippen LogP) is 4.17. The van der Waals surface area contributed by atoms with E-state index in [9.17, 15) is 14.4 Å². The summed E-state index contributed by atoms with van der Waals surface area (Å²) in [6.45, 7) is 0.743. The van der Waals surface area contributed by atoms with Crippen LogP contribution in [-0.4, -0.2) is 70.0 Å². The third-order valence-corrected chi connectivity index (χ3v) is 7.80. The summed E-state index contributed by atoms with van der Waals surface area (Å²) in [6.07, 6.45) is -0.343. The Hall–Kier alpha value is -3.59. The minimum absolute atomic E-state index is 0.0133. The summed E-state index contributed by atoms with van der Waals surface area (Å²) < 4.78 is 0. The molecule has 0 aromatic heterocycles. The van der Waals surface area contributed by atoms with Crippen LogP contribution in [0.2, 0.25) is 10.0 Å². The second kappa shape index (κ2) is 11.7. The molecular weight excluding hydrogens is 537 g/mol. The fraction of sp³-hybridized carbons (Fsp3) is 0.276. The first-order valence-electron chi connectivity index (χ1n) is 12.7. The normalized spacial score (nSPS) is 19.7. The topological polar surface area (TPSA) is 76.2 Å². The van der Waals surface area contributed by atoms with Gasteiger partial charge in [-0.15, -0.1) is 0 Å². The van der Waals surface area contributed by atoms with E-state index in [1.165, 1.54) is 0 Å². The number of carbonyl (C=O) groups is 3. The molecule has 8 nitrogen and oxygen atoms in total. The van der Waals surface area contributed by atoms with E-state index in [1.54, 1.807) is 39.0 Å². The van der Waals surface area contributed by atoms with Gasteiger partial charge < -0.3 is 15.1 Å². The standard InChI is InChI=1S/C29H29Cl2N5O3/c1-33-19-27(37)35-25(15-20-8-4-2-5-9-20)28(38)34(17-22-12-13-23(30)24(31)14-22)18-26(35)36(33)29(39)32-16-21-10-6-3-7-11-21/h2-14,25-26H,15-19H2,1H3,(H,32,39)/t25-,26-/m0/s1. The Bertz CT molecular complexity index is 1360. The number of urea groups is 1. The van der Waals surface area contributed by atoms with Gasteiger partial charge in [0.2, 0.25) is 11.8 Å². The van der Waals surface area contributed by atoms with Crippen molar-refractivity contribution in [3.05, 3.63) is 106 Å². The van der Waals surface area contributed by atoms with Gasteiger partial charge in [0.25, 0.3) is 0 Å². The van der Waals surface area contributed by atoms with Crippen LogP contribution in [0.3, 0.4) is 0 Å². The van der Waals surface area contributed by atoms with Crippen molar-refractivity contribution in [3.63, 3.8) is 0 Å². The average molecular weight is 566 g/mol. The zero-order valence-corrected chi connectivity index (χ0v) is 23.0. The molecule has 2 aliphatic heterocycles. The number of nitrogens with one attached hydrogen (secondary N) is 1. The maximum absolute atomic E-state index is 13.9. The molecule has 0 bridgehead atoms. The molecule has 0 saturated carbocycles. The van der Waals surface area contributed by atoms with Crippen LogP contribution >= 0.6 is 23.2 Å². The van der Waals surface area contributed by atoms with E-state index in [2.05, 4.69) is 5.32 Å². The third kappa shape index (κ3) is 5.88. The van der Waals surface area contributed by atoms with Crippen LogP contribution in [0, 0.1) is 0 Å². The van der Waals surface area contributed by atoms with E-state index >= 15 is 0 Å². The molecule has 10 heteroatoms. The highest BCUT2D eigenvalue weighted by atomic mass is 35.5. The minimum atomic E-state index is -0.764. The number of fused-ring (bicyclic) bond motifs is 1. The second-order valence-corrected chi connectivity index (χ2v) is 10.6. The second-order valence-electron chi connectivity index (χ2n) is 9.76. The van der Waals surface area contributed by atoms with Gasteiger partial charge >= 0.3 is 6.03 Å². The maximum atomic E-state index is 13.9. The monoisotopic (exact) mass is 565 g/mol. The molecule has 0 spiro atoms. The Balaban J connectivity index is 1.46. The molecule has 3 aromatic rings. The predicted molar refractivity (Wildman–Crippen MR) is 150 cm³/mol. The third-order valence-electron chi connectivity index (χ3n) is 7.06. The molecule has 0 radical (unpaired) electrons. The lowest BCUT2D eigenvalue weighted by atomic mass is 9.98. The van der Waals surface area contributed by atoms with Crippen molar-refractivity contribution in [3.8, 4) is 0 Å². The number of amides is 4. The quantitative estimate of drug-likeness (QED) is 0.486. The van der Waals surface area contributed by atoms with Gasteiger partial charge in [-0.3, -0.25) is 9.59 Å². The van der Waals surface area contributed by atoms with Gasteiger partial charge in [0, 0.05) is 26.6 Å². The van der Waals surface area contributed by atoms with Gasteiger partial charge in [0.1, 0.15) is 12.2 Å². The number of carbonyl (C=O) groups excluding carboxylic acids is 3. The van der Waals surface area contributed by atoms with Crippen LogP contribution in [0.4, 0.5) is 4.79 Å². The lowest BCUT2D eigenvalue weighted by Gasteiger charge is -2.54. The Morgan fingerprint density at radius 2 is 1.56 bits per heavy atom. The van der Waals surface area contributed by atoms with E-state index in [0.29, 0.717) is 23.0 Å². The minimum Gasteiger partial charge on any atom is -0.333 e. The van der Waals surface area contributed by atoms with Crippen molar-refractivity contribution in [2.75, 3.05) is 20.1 Å². The van der Waals surface area contributed by atoms with Crippen LogP contribution in [0.15, 0.2) is 78.9 Å². The molecule has 2 fully saturated rings. The van der Waals surface area contributed by atoms with Gasteiger partial charge in [0.15, 0.2) is 0 Å². The summed E-state index contributed by atoms with van der Waals surface area (Å²) in [6, 6.07) is 23.4. The summed E-state index contributed by atoms with van der Waals surface area (Å²) in [7, 11) is 1.71. The molecule has 4 amide bonds. The van der Waals surface area contributed by atoms with Crippen LogP contribution in [-0.2, 0) is 29.1 Å². The zero-order chi connectivity index (χ0) is 27.5. The highest BCUT2D eigenvalue weighted by Crippen LogP contribution is 2.30. The van der Waals surface area contributed by atoms with Crippen molar-refractivity contribution in [2.45, 2.75) is 31.7 Å². The Kier molecular flexibility index (Phi) is 8.07. The number of hydrazine groups is 1. The SMILES string of the molecule is CN1CC(=O)N2[C@@H](Cc3ccccc3)C(=O)N(Cc3ccc(Cl)c(Cl)c3)C[C@@H]2N1C(=O)NCc1ccccc1. The van der Waals surface area contributed by atoms with Crippen LogP contribution in [0.1, 0.15) is 16.7 Å². The van der Waals surface area contributed by atoms with E-state index < -0.39 is 12.2 Å². The van der Waals surface area contributed by atoms with Crippen molar-refractivity contribution < 1.29 is 14.4 Å². The highest BCUT2D eigenvalue weighted by molar-refractivity contribution is 6.42. The lowest BCUT2D eigenvalue weighted by Crippen LogP contribution is -2.76. The van der Waals surface area contributed by atoms with E-state index in [1.807, 2.05) is 66.7 Å². The van der Waals surface area contributed by atoms with Gasteiger partial charge in [-0.1, -0.05) is 89.9 Å².